The quantitative estimate of drug-likeness (QED) is 0.152. The molecule has 0 atom stereocenters. The van der Waals surface area contributed by atoms with Crippen molar-refractivity contribution >= 4 is 46.1 Å². The second-order valence-electron chi connectivity index (χ2n) is 8.36. The van der Waals surface area contributed by atoms with Crippen molar-refractivity contribution in [2.24, 2.45) is 0 Å². The van der Waals surface area contributed by atoms with E-state index < -0.39 is 0 Å². The van der Waals surface area contributed by atoms with Crippen molar-refractivity contribution in [1.29, 1.82) is 0 Å². The van der Waals surface area contributed by atoms with Crippen LogP contribution in [-0.4, -0.2) is 46.6 Å². The van der Waals surface area contributed by atoms with Crippen LogP contribution in [0.15, 0.2) is 84.6 Å². The van der Waals surface area contributed by atoms with E-state index in [9.17, 15) is 9.59 Å². The van der Waals surface area contributed by atoms with E-state index in [0.717, 1.165) is 22.0 Å². The van der Waals surface area contributed by atoms with E-state index in [1.807, 2.05) is 53.1 Å². The van der Waals surface area contributed by atoms with Crippen LogP contribution in [0, 0.1) is 0 Å². The summed E-state index contributed by atoms with van der Waals surface area (Å²) in [4.78, 5) is 25.0. The molecule has 200 valence electrons. The van der Waals surface area contributed by atoms with Crippen molar-refractivity contribution < 1.29 is 19.1 Å². The molecule has 1 aromatic heterocycles. The molecule has 3 aromatic carbocycles. The van der Waals surface area contributed by atoms with Gasteiger partial charge in [0.05, 0.1) is 26.5 Å². The fraction of sp³-hybridized carbons (Fsp3) is 0.172. The maximum absolute atomic E-state index is 12.6. The summed E-state index contributed by atoms with van der Waals surface area (Å²) in [5.74, 6) is 1.46. The highest BCUT2D eigenvalue weighted by atomic mass is 32.2. The predicted molar refractivity (Wildman–Crippen MR) is 154 cm³/mol. The summed E-state index contributed by atoms with van der Waals surface area (Å²) in [5, 5.41) is 16.9. The molecule has 10 heteroatoms. The highest BCUT2D eigenvalue weighted by Gasteiger charge is 2.14. The zero-order chi connectivity index (χ0) is 27.6. The number of carbonyl (C=O) groups is 2. The van der Waals surface area contributed by atoms with Crippen molar-refractivity contribution in [3.8, 4) is 11.5 Å². The van der Waals surface area contributed by atoms with Crippen LogP contribution >= 0.6 is 11.8 Å². The van der Waals surface area contributed by atoms with Crippen LogP contribution in [0.25, 0.3) is 16.8 Å². The molecule has 9 nitrogen and oxygen atoms in total. The molecule has 0 aliphatic heterocycles. The molecular formula is C29H29N5O4S. The van der Waals surface area contributed by atoms with E-state index in [0.29, 0.717) is 29.0 Å². The Bertz CT molecular complexity index is 1510. The molecule has 0 saturated heterocycles. The second kappa shape index (κ2) is 13.3. The highest BCUT2D eigenvalue weighted by molar-refractivity contribution is 7.99. The Morgan fingerprint density at radius 3 is 2.56 bits per heavy atom. The highest BCUT2D eigenvalue weighted by Crippen LogP contribution is 2.28. The van der Waals surface area contributed by atoms with Gasteiger partial charge in [0.2, 0.25) is 11.8 Å². The number of allylic oxidation sites excluding steroid dienone is 1. The Hall–Kier alpha value is -4.57. The van der Waals surface area contributed by atoms with Gasteiger partial charge < -0.3 is 24.7 Å². The van der Waals surface area contributed by atoms with E-state index in [2.05, 4.69) is 27.4 Å². The van der Waals surface area contributed by atoms with Crippen LogP contribution in [0.5, 0.6) is 11.5 Å². The number of benzene rings is 3. The first-order chi connectivity index (χ1) is 19.0. The zero-order valence-electron chi connectivity index (χ0n) is 21.7. The van der Waals surface area contributed by atoms with Crippen molar-refractivity contribution in [3.63, 3.8) is 0 Å². The number of aromatic nitrogens is 3. The van der Waals surface area contributed by atoms with Gasteiger partial charge in [0.25, 0.3) is 0 Å². The number of anilines is 1. The lowest BCUT2D eigenvalue weighted by Gasteiger charge is -2.09. The first-order valence-electron chi connectivity index (χ1n) is 12.1. The number of methoxy groups -OCH3 is 2. The van der Waals surface area contributed by atoms with E-state index in [4.69, 9.17) is 9.47 Å². The molecule has 39 heavy (non-hydrogen) atoms. The van der Waals surface area contributed by atoms with E-state index in [1.54, 1.807) is 38.5 Å². The van der Waals surface area contributed by atoms with Gasteiger partial charge in [-0.25, -0.2) is 0 Å². The first-order valence-corrected chi connectivity index (χ1v) is 13.1. The lowest BCUT2D eigenvalue weighted by atomic mass is 10.1. The summed E-state index contributed by atoms with van der Waals surface area (Å²) in [5.41, 5.74) is 1.52. The van der Waals surface area contributed by atoms with Crippen molar-refractivity contribution in [3.05, 3.63) is 90.8 Å². The molecule has 0 unspecified atom stereocenters. The van der Waals surface area contributed by atoms with Crippen molar-refractivity contribution in [1.82, 2.24) is 20.1 Å². The summed E-state index contributed by atoms with van der Waals surface area (Å²) in [6, 6.07) is 19.1. The van der Waals surface area contributed by atoms with Crippen LogP contribution in [0.3, 0.4) is 0 Å². The molecule has 4 rings (SSSR count). The van der Waals surface area contributed by atoms with E-state index >= 15 is 0 Å². The van der Waals surface area contributed by atoms with Crippen molar-refractivity contribution in [2.45, 2.75) is 18.2 Å². The third-order valence-electron chi connectivity index (χ3n) is 5.73. The molecule has 2 amide bonds. The second-order valence-corrected chi connectivity index (χ2v) is 9.30. The average Bonchev–Trinajstić information content (AvgIpc) is 3.34. The zero-order valence-corrected chi connectivity index (χ0v) is 22.5. The molecule has 0 saturated carbocycles. The van der Waals surface area contributed by atoms with E-state index in [1.165, 1.54) is 17.8 Å². The number of ether oxygens (including phenoxy) is 2. The van der Waals surface area contributed by atoms with E-state index in [-0.39, 0.29) is 24.1 Å². The number of hydrogen-bond donors (Lipinski definition) is 2. The van der Waals surface area contributed by atoms with Gasteiger partial charge in [-0.1, -0.05) is 54.2 Å². The number of carbonyl (C=O) groups excluding carboxylic acids is 2. The van der Waals surface area contributed by atoms with Gasteiger partial charge in [-0.05, 0) is 46.7 Å². The minimum Gasteiger partial charge on any atom is -0.493 e. The number of fused-ring (bicyclic) bond motifs is 1. The number of nitrogens with zero attached hydrogens (tertiary/aromatic N) is 3. The fourth-order valence-electron chi connectivity index (χ4n) is 3.82. The first kappa shape index (κ1) is 27.5. The van der Waals surface area contributed by atoms with Gasteiger partial charge in [-0.15, -0.1) is 16.8 Å². The molecule has 0 bridgehead atoms. The third kappa shape index (κ3) is 7.26. The van der Waals surface area contributed by atoms with Gasteiger partial charge >= 0.3 is 0 Å². The lowest BCUT2D eigenvalue weighted by Crippen LogP contribution is -2.23. The smallest absolute Gasteiger partial charge is 0.244 e. The summed E-state index contributed by atoms with van der Waals surface area (Å²) in [6.45, 7) is 4.40. The largest absolute Gasteiger partial charge is 0.493 e. The Balaban J connectivity index is 1.33. The lowest BCUT2D eigenvalue weighted by molar-refractivity contribution is -0.116. The summed E-state index contributed by atoms with van der Waals surface area (Å²) in [7, 11) is 3.12. The van der Waals surface area contributed by atoms with Crippen LogP contribution in [0.1, 0.15) is 11.4 Å². The maximum Gasteiger partial charge on any atom is 0.244 e. The average molecular weight is 544 g/mol. The number of amides is 2. The monoisotopic (exact) mass is 543 g/mol. The van der Waals surface area contributed by atoms with Gasteiger partial charge in [0, 0.05) is 18.3 Å². The number of hydrogen-bond acceptors (Lipinski definition) is 7. The van der Waals surface area contributed by atoms with Crippen molar-refractivity contribution in [2.75, 3.05) is 25.3 Å². The SMILES string of the molecule is C=CCn1c(CNC(=O)C=Cc2ccc(OC)c(OC)c2)nnc1SCC(=O)Nc1ccc2ccccc2c1. The minimum atomic E-state index is -0.290. The Kier molecular flexibility index (Phi) is 9.36. The van der Waals surface area contributed by atoms with Gasteiger partial charge in [0.15, 0.2) is 22.5 Å². The van der Waals surface area contributed by atoms with Gasteiger partial charge in [-0.3, -0.25) is 9.59 Å². The topological polar surface area (TPSA) is 107 Å². The standard InChI is InChI=1S/C29H29N5O4S/c1-4-15-34-26(18-30-27(35)14-10-20-9-13-24(37-2)25(16-20)38-3)32-33-29(34)39-19-28(36)31-23-12-11-21-7-5-6-8-22(21)17-23/h4-14,16-17H,1,15,18-19H2,2-3H3,(H,30,35)(H,31,36). The Morgan fingerprint density at radius 2 is 1.79 bits per heavy atom. The molecule has 0 fully saturated rings. The summed E-state index contributed by atoms with van der Waals surface area (Å²) >= 11 is 1.27. The Morgan fingerprint density at radius 1 is 1.00 bits per heavy atom. The fourth-order valence-corrected chi connectivity index (χ4v) is 4.58. The predicted octanol–water partition coefficient (Wildman–Crippen LogP) is 4.69. The molecule has 4 aromatic rings. The summed E-state index contributed by atoms with van der Waals surface area (Å²) in [6.07, 6.45) is 4.83. The Labute approximate surface area is 230 Å². The molecule has 0 aliphatic rings. The maximum atomic E-state index is 12.6. The van der Waals surface area contributed by atoms with Crippen LogP contribution in [-0.2, 0) is 22.7 Å². The number of thioether (sulfide) groups is 1. The minimum absolute atomic E-state index is 0.154. The van der Waals surface area contributed by atoms with Gasteiger partial charge in [0.1, 0.15) is 0 Å². The molecule has 0 spiro atoms. The summed E-state index contributed by atoms with van der Waals surface area (Å²) < 4.78 is 12.3. The third-order valence-corrected chi connectivity index (χ3v) is 6.69. The molecular weight excluding hydrogens is 514 g/mol. The van der Waals surface area contributed by atoms with Gasteiger partial charge in [-0.2, -0.15) is 0 Å². The number of rotatable bonds is 12. The molecule has 0 aliphatic carbocycles. The molecule has 0 radical (unpaired) electrons. The van der Waals surface area contributed by atoms with Crippen LogP contribution < -0.4 is 20.1 Å². The number of nitrogens with one attached hydrogen (secondary N) is 2. The van der Waals surface area contributed by atoms with Crippen LogP contribution in [0.2, 0.25) is 0 Å². The molecule has 2 N–H and O–H groups in total. The molecule has 1 heterocycles. The van der Waals surface area contributed by atoms with Crippen LogP contribution in [0.4, 0.5) is 5.69 Å². The normalized spacial score (nSPS) is 10.9.